The van der Waals surface area contributed by atoms with E-state index in [1.54, 1.807) is 0 Å². The molecule has 12 aromatic carbocycles. The number of anilines is 12. The van der Waals surface area contributed by atoms with Gasteiger partial charge in [-0.2, -0.15) is 0 Å². The van der Waals surface area contributed by atoms with Crippen LogP contribution >= 0.6 is 0 Å². The minimum Gasteiger partial charge on any atom is -0.311 e. The van der Waals surface area contributed by atoms with Gasteiger partial charge in [0.1, 0.15) is 0 Å². The van der Waals surface area contributed by atoms with Crippen molar-refractivity contribution in [1.82, 2.24) is 0 Å². The second-order valence-corrected chi connectivity index (χ2v) is 19.2. The molecule has 0 heterocycles. The summed E-state index contributed by atoms with van der Waals surface area (Å²) in [5.74, 6) is 0. The fourth-order valence-corrected chi connectivity index (χ4v) is 10.3. The van der Waals surface area contributed by atoms with Crippen molar-refractivity contribution in [2.24, 2.45) is 0 Å². The molecule has 0 radical (unpaired) electrons. The lowest BCUT2D eigenvalue weighted by atomic mass is 9.95. The summed E-state index contributed by atoms with van der Waals surface area (Å²) in [4.78, 5) is 9.16. The lowest BCUT2D eigenvalue weighted by Crippen LogP contribution is -2.10. The van der Waals surface area contributed by atoms with Gasteiger partial charge in [-0.15, -0.1) is 0 Å². The van der Waals surface area contributed by atoms with Crippen LogP contribution in [0.1, 0.15) is 22.3 Å². The van der Waals surface area contributed by atoms with Crippen LogP contribution in [0.25, 0.3) is 11.1 Å². The van der Waals surface area contributed by atoms with Gasteiger partial charge in [0.15, 0.2) is 0 Å². The highest BCUT2D eigenvalue weighted by Crippen LogP contribution is 2.41. The highest BCUT2D eigenvalue weighted by atomic mass is 15.2. The Balaban J connectivity index is 1.04. The summed E-state index contributed by atoms with van der Waals surface area (Å²) in [5, 5.41) is 0. The van der Waals surface area contributed by atoms with E-state index in [9.17, 15) is 0 Å². The minimum atomic E-state index is 0.907. The lowest BCUT2D eigenvalue weighted by Gasteiger charge is -2.26. The summed E-state index contributed by atoms with van der Waals surface area (Å²) < 4.78 is 0. The molecule has 12 rings (SSSR count). The van der Waals surface area contributed by atoms with Gasteiger partial charge in [-0.05, 0) is 168 Å². The quantitative estimate of drug-likeness (QED) is 0.0894. The van der Waals surface area contributed by atoms with Gasteiger partial charge in [-0.25, -0.2) is 0 Å². The molecule has 0 fully saturated rings. The Labute approximate surface area is 469 Å². The molecule has 380 valence electrons. The minimum absolute atomic E-state index is 0.907. The summed E-state index contributed by atoms with van der Waals surface area (Å²) in [6, 6.07) is 120. The van der Waals surface area contributed by atoms with Crippen LogP contribution in [0.3, 0.4) is 0 Å². The first-order chi connectivity index (χ1) is 39.7. The highest BCUT2D eigenvalue weighted by molar-refractivity contribution is 5.88. The summed E-state index contributed by atoms with van der Waals surface area (Å²) in [7, 11) is 0. The average Bonchev–Trinajstić information content (AvgIpc) is 3.55. The molecule has 0 bridgehead atoms. The molecule has 0 aliphatic rings. The fourth-order valence-electron chi connectivity index (χ4n) is 10.3. The van der Waals surface area contributed by atoms with Gasteiger partial charge in [0.25, 0.3) is 0 Å². The van der Waals surface area contributed by atoms with Crippen LogP contribution < -0.4 is 19.6 Å². The molecule has 12 aromatic rings. The van der Waals surface area contributed by atoms with Crippen molar-refractivity contribution in [3.63, 3.8) is 0 Å². The summed E-state index contributed by atoms with van der Waals surface area (Å²) in [6.07, 6.45) is 0. The Morgan fingerprint density at radius 1 is 0.150 bits per heavy atom. The standard InChI is InChI=1S/C76H56N4/c1-9-25-63(26-10-1)77(64-27-11-2-12-28-64)71-49-41-59(42-50-71)75(60-43-51-72(52-44-60)78(65-29-13-3-14-30-65)66-31-15-4-16-32-66)57-58-76(61-45-53-73(54-46-61)79(67-33-17-5-18-34-67)68-35-19-6-20-36-68)62-47-55-74(56-48-62)80(69-37-21-7-22-38-69)70-39-23-8-24-40-70/h1-56H. The van der Waals surface area contributed by atoms with Gasteiger partial charge in [0.2, 0.25) is 0 Å². The molecule has 0 aliphatic carbocycles. The van der Waals surface area contributed by atoms with E-state index < -0.39 is 0 Å². The zero-order valence-corrected chi connectivity index (χ0v) is 44.1. The van der Waals surface area contributed by atoms with Gasteiger partial charge >= 0.3 is 0 Å². The first-order valence-electron chi connectivity index (χ1n) is 27.0. The smallest absolute Gasteiger partial charge is 0.0462 e. The van der Waals surface area contributed by atoms with Crippen LogP contribution in [0.4, 0.5) is 68.2 Å². The molecular formula is C76H56N4. The van der Waals surface area contributed by atoms with E-state index in [1.807, 2.05) is 0 Å². The van der Waals surface area contributed by atoms with E-state index >= 15 is 0 Å². The largest absolute Gasteiger partial charge is 0.311 e. The molecule has 0 amide bonds. The van der Waals surface area contributed by atoms with Gasteiger partial charge < -0.3 is 19.6 Å². The highest BCUT2D eigenvalue weighted by Gasteiger charge is 2.18. The van der Waals surface area contributed by atoms with E-state index in [-0.39, 0.29) is 0 Å². The molecule has 0 atom stereocenters. The van der Waals surface area contributed by atoms with Crippen LogP contribution in [0.5, 0.6) is 0 Å². The first kappa shape index (κ1) is 50.0. The molecular weight excluding hydrogens is 969 g/mol. The number of para-hydroxylation sites is 8. The van der Waals surface area contributed by atoms with Crippen molar-refractivity contribution in [3.8, 4) is 0 Å². The Bertz CT molecular complexity index is 3310. The predicted molar refractivity (Wildman–Crippen MR) is 337 cm³/mol. The molecule has 0 aliphatic heterocycles. The normalized spacial score (nSPS) is 10.7. The maximum absolute atomic E-state index is 3.83. The number of hydrogen-bond acceptors (Lipinski definition) is 4. The van der Waals surface area contributed by atoms with Crippen molar-refractivity contribution in [2.45, 2.75) is 0 Å². The summed E-state index contributed by atoms with van der Waals surface area (Å²) in [6.45, 7) is 0. The number of rotatable bonds is 16. The first-order valence-corrected chi connectivity index (χ1v) is 27.0. The van der Waals surface area contributed by atoms with Crippen molar-refractivity contribution in [1.29, 1.82) is 0 Å². The molecule has 0 saturated carbocycles. The molecule has 0 N–H and O–H groups in total. The Kier molecular flexibility index (Phi) is 15.0. The van der Waals surface area contributed by atoms with Crippen molar-refractivity contribution < 1.29 is 0 Å². The Hall–Kier alpha value is -10.9. The zero-order chi connectivity index (χ0) is 53.7. The average molecular weight is 1030 g/mol. The summed E-state index contributed by atoms with van der Waals surface area (Å²) >= 11 is 0. The van der Waals surface area contributed by atoms with E-state index in [4.69, 9.17) is 0 Å². The third-order valence-corrected chi connectivity index (χ3v) is 14.1. The van der Waals surface area contributed by atoms with Gasteiger partial charge in [-0.3, -0.25) is 0 Å². The zero-order valence-electron chi connectivity index (χ0n) is 44.1. The van der Waals surface area contributed by atoms with Crippen LogP contribution in [0, 0.1) is 0 Å². The Morgan fingerprint density at radius 3 is 0.412 bits per heavy atom. The maximum Gasteiger partial charge on any atom is 0.0462 e. The van der Waals surface area contributed by atoms with E-state index in [0.717, 1.165) is 102 Å². The van der Waals surface area contributed by atoms with Crippen LogP contribution in [-0.4, -0.2) is 0 Å². The molecule has 4 heteroatoms. The Morgan fingerprint density at radius 2 is 0.275 bits per heavy atom. The monoisotopic (exact) mass is 1020 g/mol. The summed E-state index contributed by atoms with van der Waals surface area (Å²) in [5.41, 5.74) is 26.3. The van der Waals surface area contributed by atoms with Crippen molar-refractivity contribution in [3.05, 3.63) is 373 Å². The molecule has 0 saturated heterocycles. The van der Waals surface area contributed by atoms with E-state index in [0.29, 0.717) is 0 Å². The van der Waals surface area contributed by atoms with Crippen LogP contribution in [0.15, 0.2) is 351 Å². The molecule has 80 heavy (non-hydrogen) atoms. The number of benzene rings is 12. The number of nitrogens with zero attached hydrogens (tertiary/aromatic N) is 4. The van der Waals surface area contributed by atoms with E-state index in [2.05, 4.69) is 371 Å². The van der Waals surface area contributed by atoms with Gasteiger partial charge in [-0.1, -0.05) is 206 Å². The predicted octanol–water partition coefficient (Wildman–Crippen LogP) is 20.9. The number of hydrogen-bond donors (Lipinski definition) is 0. The lowest BCUT2D eigenvalue weighted by molar-refractivity contribution is 1.28. The third-order valence-electron chi connectivity index (χ3n) is 14.1. The second kappa shape index (κ2) is 24.0. The van der Waals surface area contributed by atoms with Crippen molar-refractivity contribution >= 4 is 79.4 Å². The van der Waals surface area contributed by atoms with Crippen LogP contribution in [-0.2, 0) is 0 Å². The topological polar surface area (TPSA) is 13.0 Å². The molecule has 0 unspecified atom stereocenters. The molecule has 4 nitrogen and oxygen atoms in total. The molecule has 0 aromatic heterocycles. The van der Waals surface area contributed by atoms with Gasteiger partial charge in [0.05, 0.1) is 0 Å². The van der Waals surface area contributed by atoms with Crippen LogP contribution in [0.2, 0.25) is 0 Å². The maximum atomic E-state index is 3.83. The fraction of sp³-hybridized carbons (Fsp3) is 0. The molecule has 0 spiro atoms. The third kappa shape index (κ3) is 11.2. The van der Waals surface area contributed by atoms with E-state index in [1.165, 1.54) is 0 Å². The SMILES string of the molecule is C(=C=C(c1ccc(N(c2ccccc2)c2ccccc2)cc1)c1ccc(N(c2ccccc2)c2ccccc2)cc1)=C(c1ccc(N(c2ccccc2)c2ccccc2)cc1)c1ccc(N(c2ccccc2)c2ccccc2)cc1. The van der Waals surface area contributed by atoms with Gasteiger partial charge in [0, 0.05) is 79.4 Å². The second-order valence-electron chi connectivity index (χ2n) is 19.2. The van der Waals surface area contributed by atoms with Crippen molar-refractivity contribution in [2.75, 3.05) is 19.6 Å².